The predicted molar refractivity (Wildman–Crippen MR) is 127 cm³/mol. The Morgan fingerprint density at radius 3 is 2.33 bits per heavy atom. The van der Waals surface area contributed by atoms with E-state index in [1.54, 1.807) is 16.4 Å². The maximum atomic E-state index is 12.9. The van der Waals surface area contributed by atoms with Gasteiger partial charge in [0.15, 0.2) is 8.29 Å². The van der Waals surface area contributed by atoms with Crippen LogP contribution in [0.15, 0.2) is 58.9 Å². The first-order valence-electron chi connectivity index (χ1n) is 10.4. The standard InChI is InChI=1S/C23H25N3OS3/c27-21(25-15-7-2-1-3-8-16-25)19-11-13-20(14-12-19)26-23(28)30-22(24-26)29-17-18-9-5-4-6-10-18/h4-6,9-14H,1-3,7-8,15-17H2. The van der Waals surface area contributed by atoms with Gasteiger partial charge < -0.3 is 4.90 Å². The zero-order valence-corrected chi connectivity index (χ0v) is 19.3. The topological polar surface area (TPSA) is 38.1 Å². The second-order valence-electron chi connectivity index (χ2n) is 7.43. The van der Waals surface area contributed by atoms with Crippen LogP contribution >= 0.6 is 35.3 Å². The van der Waals surface area contributed by atoms with Crippen molar-refractivity contribution in [3.05, 3.63) is 69.7 Å². The van der Waals surface area contributed by atoms with Gasteiger partial charge in [-0.05, 0) is 54.9 Å². The Morgan fingerprint density at radius 1 is 0.967 bits per heavy atom. The third kappa shape index (κ3) is 5.39. The number of benzene rings is 2. The lowest BCUT2D eigenvalue weighted by molar-refractivity contribution is 0.0742. The largest absolute Gasteiger partial charge is 0.339 e. The highest BCUT2D eigenvalue weighted by atomic mass is 32.2. The van der Waals surface area contributed by atoms with Crippen LogP contribution in [0.3, 0.4) is 0 Å². The molecule has 1 amide bonds. The third-order valence-electron chi connectivity index (χ3n) is 5.24. The van der Waals surface area contributed by atoms with Gasteiger partial charge in [-0.25, -0.2) is 4.68 Å². The highest BCUT2D eigenvalue weighted by Crippen LogP contribution is 2.27. The van der Waals surface area contributed by atoms with E-state index >= 15 is 0 Å². The first-order chi connectivity index (χ1) is 14.7. The van der Waals surface area contributed by atoms with E-state index in [-0.39, 0.29) is 5.91 Å². The summed E-state index contributed by atoms with van der Waals surface area (Å²) in [6.45, 7) is 1.72. The summed E-state index contributed by atoms with van der Waals surface area (Å²) >= 11 is 8.74. The molecular weight excluding hydrogens is 430 g/mol. The highest BCUT2D eigenvalue weighted by molar-refractivity contribution is 8.00. The second kappa shape index (κ2) is 10.4. The third-order valence-corrected chi connectivity index (χ3v) is 7.67. The molecule has 4 nitrogen and oxygen atoms in total. The molecule has 4 rings (SSSR count). The van der Waals surface area contributed by atoms with Gasteiger partial charge in [-0.2, -0.15) is 0 Å². The molecule has 1 aliphatic heterocycles. The van der Waals surface area contributed by atoms with Crippen LogP contribution in [0, 0.1) is 3.95 Å². The van der Waals surface area contributed by atoms with Crippen molar-refractivity contribution in [2.45, 2.75) is 42.2 Å². The summed E-state index contributed by atoms with van der Waals surface area (Å²) in [6.07, 6.45) is 5.92. The van der Waals surface area contributed by atoms with Crippen LogP contribution in [0.25, 0.3) is 5.69 Å². The fraction of sp³-hybridized carbons (Fsp3) is 0.348. The number of rotatable bonds is 5. The quantitative estimate of drug-likeness (QED) is 0.331. The molecule has 1 fully saturated rings. The number of carbonyl (C=O) groups is 1. The minimum atomic E-state index is 0.129. The van der Waals surface area contributed by atoms with Crippen LogP contribution in [0.2, 0.25) is 0 Å². The number of nitrogens with zero attached hydrogens (tertiary/aromatic N) is 3. The monoisotopic (exact) mass is 455 g/mol. The molecular formula is C23H25N3OS3. The van der Waals surface area contributed by atoms with Crippen LogP contribution < -0.4 is 0 Å². The van der Waals surface area contributed by atoms with Crippen LogP contribution in [-0.4, -0.2) is 33.7 Å². The molecule has 0 atom stereocenters. The van der Waals surface area contributed by atoms with Gasteiger partial charge in [-0.1, -0.05) is 72.7 Å². The molecule has 0 bridgehead atoms. The summed E-state index contributed by atoms with van der Waals surface area (Å²) in [7, 11) is 0. The van der Waals surface area contributed by atoms with Crippen molar-refractivity contribution in [2.24, 2.45) is 0 Å². The zero-order valence-electron chi connectivity index (χ0n) is 16.8. The minimum Gasteiger partial charge on any atom is -0.339 e. The molecule has 3 aromatic rings. The Balaban J connectivity index is 1.44. The van der Waals surface area contributed by atoms with E-state index in [4.69, 9.17) is 12.2 Å². The van der Waals surface area contributed by atoms with Crippen molar-refractivity contribution in [2.75, 3.05) is 13.1 Å². The van der Waals surface area contributed by atoms with Gasteiger partial charge in [-0.15, -0.1) is 5.10 Å². The van der Waals surface area contributed by atoms with E-state index in [2.05, 4.69) is 17.2 Å². The van der Waals surface area contributed by atoms with E-state index in [1.807, 2.05) is 47.4 Å². The average molecular weight is 456 g/mol. The fourth-order valence-corrected chi connectivity index (χ4v) is 5.90. The van der Waals surface area contributed by atoms with Crippen molar-refractivity contribution >= 4 is 41.2 Å². The maximum absolute atomic E-state index is 12.9. The number of thioether (sulfide) groups is 1. The van der Waals surface area contributed by atoms with Gasteiger partial charge in [0.05, 0.1) is 5.69 Å². The molecule has 2 heterocycles. The van der Waals surface area contributed by atoms with Gasteiger partial charge >= 0.3 is 0 Å². The zero-order chi connectivity index (χ0) is 20.8. The average Bonchev–Trinajstić information content (AvgIpc) is 3.13. The number of carbonyl (C=O) groups excluding carboxylic acids is 1. The van der Waals surface area contributed by atoms with Gasteiger partial charge in [0, 0.05) is 24.4 Å². The summed E-state index contributed by atoms with van der Waals surface area (Å²) in [5.74, 6) is 0.997. The van der Waals surface area contributed by atoms with E-state index in [1.165, 1.54) is 36.2 Å². The van der Waals surface area contributed by atoms with E-state index < -0.39 is 0 Å². The molecule has 0 radical (unpaired) electrons. The molecule has 1 aliphatic rings. The molecule has 0 spiro atoms. The number of aromatic nitrogens is 2. The van der Waals surface area contributed by atoms with Gasteiger partial charge in [0.1, 0.15) is 0 Å². The Labute approximate surface area is 190 Å². The molecule has 0 aliphatic carbocycles. The molecule has 30 heavy (non-hydrogen) atoms. The van der Waals surface area contributed by atoms with Crippen LogP contribution in [0.4, 0.5) is 0 Å². The smallest absolute Gasteiger partial charge is 0.253 e. The molecule has 2 aromatic carbocycles. The van der Waals surface area contributed by atoms with Crippen LogP contribution in [0.5, 0.6) is 0 Å². The first-order valence-corrected chi connectivity index (χ1v) is 12.6. The van der Waals surface area contributed by atoms with E-state index in [0.29, 0.717) is 3.95 Å². The number of likely N-dealkylation sites (tertiary alicyclic amines) is 1. The lowest BCUT2D eigenvalue weighted by Crippen LogP contribution is -2.33. The first kappa shape index (κ1) is 21.3. The lowest BCUT2D eigenvalue weighted by Gasteiger charge is -2.24. The van der Waals surface area contributed by atoms with E-state index in [0.717, 1.165) is 47.3 Å². The summed E-state index contributed by atoms with van der Waals surface area (Å²) in [5.41, 5.74) is 2.90. The molecule has 7 heteroatoms. The fourth-order valence-electron chi connectivity index (χ4n) is 3.58. The summed E-state index contributed by atoms with van der Waals surface area (Å²) < 4.78 is 3.45. The van der Waals surface area contributed by atoms with Crippen molar-refractivity contribution in [1.82, 2.24) is 14.7 Å². The van der Waals surface area contributed by atoms with Crippen molar-refractivity contribution in [3.63, 3.8) is 0 Å². The molecule has 1 aromatic heterocycles. The normalized spacial score (nSPS) is 14.9. The summed E-state index contributed by atoms with van der Waals surface area (Å²) in [6, 6.07) is 18.0. The molecule has 156 valence electrons. The number of hydrogen-bond acceptors (Lipinski definition) is 5. The van der Waals surface area contributed by atoms with Gasteiger partial charge in [0.25, 0.3) is 5.91 Å². The lowest BCUT2D eigenvalue weighted by atomic mass is 10.1. The Kier molecular flexibility index (Phi) is 7.36. The van der Waals surface area contributed by atoms with Gasteiger partial charge in [0.2, 0.25) is 0 Å². The van der Waals surface area contributed by atoms with Crippen LogP contribution in [0.1, 0.15) is 48.0 Å². The molecule has 1 saturated heterocycles. The molecule has 0 N–H and O–H groups in total. The summed E-state index contributed by atoms with van der Waals surface area (Å²) in [4.78, 5) is 14.9. The van der Waals surface area contributed by atoms with Crippen molar-refractivity contribution < 1.29 is 4.79 Å². The Morgan fingerprint density at radius 2 is 1.63 bits per heavy atom. The molecule has 0 saturated carbocycles. The van der Waals surface area contributed by atoms with Crippen molar-refractivity contribution in [1.29, 1.82) is 0 Å². The van der Waals surface area contributed by atoms with Gasteiger partial charge in [-0.3, -0.25) is 4.79 Å². The van der Waals surface area contributed by atoms with Crippen molar-refractivity contribution in [3.8, 4) is 5.69 Å². The second-order valence-corrected chi connectivity index (χ2v) is 10.3. The Hall–Kier alpha value is -1.96. The SMILES string of the molecule is O=C(c1ccc(-n2nc(SCc3ccccc3)sc2=S)cc1)N1CCCCCCC1. The van der Waals surface area contributed by atoms with E-state index in [9.17, 15) is 4.79 Å². The highest BCUT2D eigenvalue weighted by Gasteiger charge is 2.17. The number of amides is 1. The molecule has 0 unspecified atom stereocenters. The number of hydrogen-bond donors (Lipinski definition) is 0. The maximum Gasteiger partial charge on any atom is 0.253 e. The predicted octanol–water partition coefficient (Wildman–Crippen LogP) is 6.36. The minimum absolute atomic E-state index is 0.129. The Bertz CT molecular complexity index is 1020. The van der Waals surface area contributed by atoms with Crippen LogP contribution in [-0.2, 0) is 5.75 Å². The summed E-state index contributed by atoms with van der Waals surface area (Å²) in [5, 5.41) is 4.68.